The number of benzene rings is 1. The van der Waals surface area contributed by atoms with Crippen LogP contribution in [-0.2, 0) is 0 Å². The molecular weight excluding hydrogens is 357 g/mol. The number of aryl methyl sites for hydroxylation is 4. The number of nitriles is 1. The summed E-state index contributed by atoms with van der Waals surface area (Å²) in [5.74, 6) is 2.22. The lowest BCUT2D eigenvalue weighted by atomic mass is 9.72. The van der Waals surface area contributed by atoms with E-state index in [1.165, 1.54) is 27.8 Å². The molecule has 0 bridgehead atoms. The molecule has 5 nitrogen and oxygen atoms in total. The average Bonchev–Trinajstić information content (AvgIpc) is 3.26. The Hall–Kier alpha value is -2.81. The first kappa shape index (κ1) is 19.5. The zero-order chi connectivity index (χ0) is 20.7. The summed E-state index contributed by atoms with van der Waals surface area (Å²) in [7, 11) is 2.14. The standard InChI is InChI=1S/C23H27BN5/c1-14-10-19(24-5)11-15(2)21(14)29-12-16(3)20-22(26-17(4)27-23(20)29)28-9-7-18(13-28)6-8-25/h10-12,18H,6-7,9,13H2,1-5H3. The molecule has 1 fully saturated rings. The quantitative estimate of drug-likeness (QED) is 0.643. The van der Waals surface area contributed by atoms with Crippen LogP contribution in [0.2, 0.25) is 6.82 Å². The van der Waals surface area contributed by atoms with Gasteiger partial charge in [-0.25, -0.2) is 9.97 Å². The Bertz CT molecular complexity index is 1100. The maximum atomic E-state index is 9.06. The Kier molecular flexibility index (Phi) is 5.08. The van der Waals surface area contributed by atoms with Crippen molar-refractivity contribution in [2.75, 3.05) is 18.0 Å². The lowest BCUT2D eigenvalue weighted by Crippen LogP contribution is -2.22. The van der Waals surface area contributed by atoms with E-state index < -0.39 is 0 Å². The highest BCUT2D eigenvalue weighted by Gasteiger charge is 2.27. The predicted octanol–water partition coefficient (Wildman–Crippen LogP) is 3.77. The second kappa shape index (κ2) is 7.55. The summed E-state index contributed by atoms with van der Waals surface area (Å²) in [5.41, 5.74) is 7.06. The van der Waals surface area contributed by atoms with Crippen LogP contribution in [0, 0.1) is 44.9 Å². The molecular formula is C23H27BN5. The molecule has 6 heteroatoms. The minimum absolute atomic E-state index is 0.426. The molecule has 0 N–H and O–H groups in total. The van der Waals surface area contributed by atoms with Gasteiger partial charge in [0.2, 0.25) is 0 Å². The molecule has 147 valence electrons. The molecule has 0 amide bonds. The normalized spacial score (nSPS) is 16.4. The smallest absolute Gasteiger partial charge is 0.150 e. The van der Waals surface area contributed by atoms with Crippen LogP contribution < -0.4 is 10.4 Å². The molecule has 3 aromatic rings. The van der Waals surface area contributed by atoms with Crippen LogP contribution in [0.4, 0.5) is 5.82 Å². The number of nitrogens with zero attached hydrogens (tertiary/aromatic N) is 5. The summed E-state index contributed by atoms with van der Waals surface area (Å²) in [5, 5.41) is 10.2. The van der Waals surface area contributed by atoms with Gasteiger partial charge in [0.15, 0.2) is 5.65 Å². The second-order valence-corrected chi connectivity index (χ2v) is 8.23. The summed E-state index contributed by atoms with van der Waals surface area (Å²) in [6, 6.07) is 6.78. The van der Waals surface area contributed by atoms with Gasteiger partial charge in [0.05, 0.1) is 17.1 Å². The van der Waals surface area contributed by atoms with Crippen molar-refractivity contribution >= 4 is 29.6 Å². The van der Waals surface area contributed by atoms with E-state index in [2.05, 4.69) is 68.7 Å². The van der Waals surface area contributed by atoms with Crippen LogP contribution >= 0.6 is 0 Å². The highest BCUT2D eigenvalue weighted by Crippen LogP contribution is 2.34. The van der Waals surface area contributed by atoms with Crippen LogP contribution in [0.25, 0.3) is 16.7 Å². The van der Waals surface area contributed by atoms with Crippen molar-refractivity contribution in [3.8, 4) is 11.8 Å². The van der Waals surface area contributed by atoms with Crippen molar-refractivity contribution in [3.63, 3.8) is 0 Å². The molecule has 4 rings (SSSR count). The first-order valence-electron chi connectivity index (χ1n) is 10.3. The van der Waals surface area contributed by atoms with Crippen LogP contribution in [0.5, 0.6) is 0 Å². The van der Waals surface area contributed by atoms with Gasteiger partial charge in [0.1, 0.15) is 18.9 Å². The van der Waals surface area contributed by atoms with E-state index in [1.54, 1.807) is 0 Å². The highest BCUT2D eigenvalue weighted by molar-refractivity contribution is 6.52. The fraction of sp³-hybridized carbons (Fsp3) is 0.435. The van der Waals surface area contributed by atoms with E-state index in [4.69, 9.17) is 15.2 Å². The van der Waals surface area contributed by atoms with Crippen LogP contribution in [-0.4, -0.2) is 34.9 Å². The lowest BCUT2D eigenvalue weighted by molar-refractivity contribution is 0.605. The summed E-state index contributed by atoms with van der Waals surface area (Å²) in [4.78, 5) is 12.0. The number of rotatable bonds is 4. The van der Waals surface area contributed by atoms with E-state index >= 15 is 0 Å². The SMILES string of the molecule is C[B]c1cc(C)c(-n2cc(C)c3c(N4CCC(CC#N)C4)nc(C)nc32)c(C)c1. The molecule has 3 heterocycles. The fourth-order valence-corrected chi connectivity index (χ4v) is 4.65. The van der Waals surface area contributed by atoms with Gasteiger partial charge in [-0.1, -0.05) is 24.4 Å². The molecule has 1 unspecified atom stereocenters. The zero-order valence-electron chi connectivity index (χ0n) is 18.0. The number of aromatic nitrogens is 3. The highest BCUT2D eigenvalue weighted by atomic mass is 15.2. The molecule has 0 saturated carbocycles. The van der Waals surface area contributed by atoms with E-state index in [1.807, 2.05) is 6.92 Å². The third-order valence-corrected chi connectivity index (χ3v) is 5.98. The third-order valence-electron chi connectivity index (χ3n) is 5.98. The molecule has 1 aliphatic rings. The number of hydrogen-bond acceptors (Lipinski definition) is 4. The van der Waals surface area contributed by atoms with Crippen molar-refractivity contribution < 1.29 is 0 Å². The Morgan fingerprint density at radius 3 is 2.52 bits per heavy atom. The maximum Gasteiger partial charge on any atom is 0.150 e. The Labute approximate surface area is 173 Å². The lowest BCUT2D eigenvalue weighted by Gasteiger charge is -2.19. The van der Waals surface area contributed by atoms with Crippen LogP contribution in [0.1, 0.15) is 35.4 Å². The second-order valence-electron chi connectivity index (χ2n) is 8.23. The van der Waals surface area contributed by atoms with Crippen molar-refractivity contribution in [2.45, 2.75) is 47.4 Å². The number of hydrogen-bond donors (Lipinski definition) is 0. The largest absolute Gasteiger partial charge is 0.356 e. The van der Waals surface area contributed by atoms with Gasteiger partial charge in [-0.2, -0.15) is 5.26 Å². The molecule has 1 aliphatic heterocycles. The van der Waals surface area contributed by atoms with E-state index in [-0.39, 0.29) is 0 Å². The Morgan fingerprint density at radius 2 is 1.86 bits per heavy atom. The van der Waals surface area contributed by atoms with Gasteiger partial charge in [0, 0.05) is 25.7 Å². The van der Waals surface area contributed by atoms with Crippen molar-refractivity contribution in [1.82, 2.24) is 14.5 Å². The summed E-state index contributed by atoms with van der Waals surface area (Å²) in [6.45, 7) is 12.3. The van der Waals surface area contributed by atoms with Gasteiger partial charge < -0.3 is 9.47 Å². The Balaban J connectivity index is 1.88. The minimum Gasteiger partial charge on any atom is -0.356 e. The fourth-order valence-electron chi connectivity index (χ4n) is 4.65. The Morgan fingerprint density at radius 1 is 1.14 bits per heavy atom. The summed E-state index contributed by atoms with van der Waals surface area (Å²) < 4.78 is 2.23. The predicted molar refractivity (Wildman–Crippen MR) is 120 cm³/mol. The number of anilines is 1. The monoisotopic (exact) mass is 384 g/mol. The van der Waals surface area contributed by atoms with E-state index in [9.17, 15) is 0 Å². The molecule has 1 radical (unpaired) electrons. The summed E-state index contributed by atoms with van der Waals surface area (Å²) >= 11 is 0. The minimum atomic E-state index is 0.426. The maximum absolute atomic E-state index is 9.06. The molecule has 29 heavy (non-hydrogen) atoms. The first-order chi connectivity index (χ1) is 13.9. The van der Waals surface area contributed by atoms with Gasteiger partial charge in [-0.05, 0) is 56.7 Å². The van der Waals surface area contributed by atoms with Crippen LogP contribution in [0.3, 0.4) is 0 Å². The van der Waals surface area contributed by atoms with Gasteiger partial charge in [-0.15, -0.1) is 0 Å². The van der Waals surface area contributed by atoms with Gasteiger partial charge in [-0.3, -0.25) is 0 Å². The molecule has 1 saturated heterocycles. The van der Waals surface area contributed by atoms with Crippen LogP contribution in [0.15, 0.2) is 18.3 Å². The molecule has 0 spiro atoms. The molecule has 1 atom stereocenters. The molecule has 1 aromatic carbocycles. The average molecular weight is 384 g/mol. The van der Waals surface area contributed by atoms with Gasteiger partial charge in [0.25, 0.3) is 0 Å². The molecule has 0 aliphatic carbocycles. The van der Waals surface area contributed by atoms with E-state index in [0.29, 0.717) is 12.3 Å². The van der Waals surface area contributed by atoms with E-state index in [0.717, 1.165) is 42.2 Å². The van der Waals surface area contributed by atoms with Crippen molar-refractivity contribution in [3.05, 3.63) is 40.8 Å². The topological polar surface area (TPSA) is 57.7 Å². The van der Waals surface area contributed by atoms with Crippen molar-refractivity contribution in [1.29, 1.82) is 5.26 Å². The molecule has 2 aromatic heterocycles. The van der Waals surface area contributed by atoms with Crippen molar-refractivity contribution in [2.24, 2.45) is 5.92 Å². The third kappa shape index (κ3) is 3.39. The number of fused-ring (bicyclic) bond motifs is 1. The summed E-state index contributed by atoms with van der Waals surface area (Å²) in [6.07, 6.45) is 3.85. The zero-order valence-corrected chi connectivity index (χ0v) is 18.0. The first-order valence-corrected chi connectivity index (χ1v) is 10.3. The van der Waals surface area contributed by atoms with Gasteiger partial charge >= 0.3 is 0 Å².